The summed E-state index contributed by atoms with van der Waals surface area (Å²) >= 11 is 1.15. The molecule has 2 N–H and O–H groups in total. The molecule has 19 heavy (non-hydrogen) atoms. The number of anilines is 2. The first kappa shape index (κ1) is 13.5. The van der Waals surface area contributed by atoms with E-state index in [1.54, 1.807) is 19.1 Å². The van der Waals surface area contributed by atoms with Gasteiger partial charge >= 0.3 is 0 Å². The molecule has 1 amide bonds. The Balaban J connectivity index is 2.37. The lowest BCUT2D eigenvalue weighted by Gasteiger charge is -2.20. The van der Waals surface area contributed by atoms with Crippen LogP contribution in [0.4, 0.5) is 15.2 Å². The summed E-state index contributed by atoms with van der Waals surface area (Å²) in [5.41, 5.74) is 6.72. The van der Waals surface area contributed by atoms with Crippen molar-refractivity contribution in [3.8, 4) is 0 Å². The maximum atomic E-state index is 13.2. The van der Waals surface area contributed by atoms with Gasteiger partial charge in [-0.15, -0.1) is 0 Å². The zero-order valence-corrected chi connectivity index (χ0v) is 11.5. The van der Waals surface area contributed by atoms with Crippen LogP contribution in [-0.4, -0.2) is 17.4 Å². The molecule has 2 rings (SSSR count). The summed E-state index contributed by atoms with van der Waals surface area (Å²) in [5.74, 6) is -0.580. The topological polar surface area (TPSA) is 59.2 Å². The molecule has 0 saturated heterocycles. The third-order valence-electron chi connectivity index (χ3n) is 2.69. The monoisotopic (exact) mass is 279 g/mol. The minimum absolute atomic E-state index is 0.209. The van der Waals surface area contributed by atoms with Crippen molar-refractivity contribution in [1.29, 1.82) is 0 Å². The number of amides is 1. The summed E-state index contributed by atoms with van der Waals surface area (Å²) in [5, 5.41) is 0.358. The number of hydrogen-bond donors (Lipinski definition) is 1. The first-order valence-electron chi connectivity index (χ1n) is 5.83. The van der Waals surface area contributed by atoms with E-state index < -0.39 is 0 Å². The van der Waals surface area contributed by atoms with Gasteiger partial charge in [0.1, 0.15) is 10.7 Å². The smallest absolute Gasteiger partial charge is 0.270 e. The average molecular weight is 279 g/mol. The SMILES string of the molecule is CCN(C(=O)c1sc(N)nc1C)c1cccc(F)c1. The summed E-state index contributed by atoms with van der Waals surface area (Å²) < 4.78 is 13.2. The number of aromatic nitrogens is 1. The Kier molecular flexibility index (Phi) is 3.80. The number of benzene rings is 1. The number of nitrogens with zero attached hydrogens (tertiary/aromatic N) is 2. The summed E-state index contributed by atoms with van der Waals surface area (Å²) in [7, 11) is 0. The van der Waals surface area contributed by atoms with Crippen LogP contribution in [0.1, 0.15) is 22.3 Å². The highest BCUT2D eigenvalue weighted by Crippen LogP contribution is 2.24. The maximum Gasteiger partial charge on any atom is 0.270 e. The molecular weight excluding hydrogens is 265 g/mol. The predicted molar refractivity (Wildman–Crippen MR) is 75.0 cm³/mol. The van der Waals surface area contributed by atoms with Crippen LogP contribution in [-0.2, 0) is 0 Å². The normalized spacial score (nSPS) is 10.5. The second kappa shape index (κ2) is 5.36. The zero-order valence-electron chi connectivity index (χ0n) is 10.7. The van der Waals surface area contributed by atoms with Gasteiger partial charge in [-0.2, -0.15) is 0 Å². The summed E-state index contributed by atoms with van der Waals surface area (Å²) in [6, 6.07) is 5.96. The van der Waals surface area contributed by atoms with Crippen molar-refractivity contribution < 1.29 is 9.18 Å². The van der Waals surface area contributed by atoms with E-state index in [-0.39, 0.29) is 11.7 Å². The number of carbonyl (C=O) groups is 1. The molecule has 0 unspecified atom stereocenters. The van der Waals surface area contributed by atoms with Crippen LogP contribution in [0.3, 0.4) is 0 Å². The predicted octanol–water partition coefficient (Wildman–Crippen LogP) is 2.84. The van der Waals surface area contributed by atoms with Crippen LogP contribution in [0.25, 0.3) is 0 Å². The zero-order chi connectivity index (χ0) is 14.0. The summed E-state index contributed by atoms with van der Waals surface area (Å²) in [6.45, 7) is 4.02. The molecule has 0 aliphatic carbocycles. The average Bonchev–Trinajstić information content (AvgIpc) is 2.69. The standard InChI is InChI=1S/C13H14FN3OS/c1-3-17(10-6-4-5-9(14)7-10)12(18)11-8(2)16-13(15)19-11/h4-7H,3H2,1-2H3,(H2,15,16). The van der Waals surface area contributed by atoms with E-state index in [1.165, 1.54) is 17.0 Å². The molecule has 4 nitrogen and oxygen atoms in total. The van der Waals surface area contributed by atoms with Crippen LogP contribution in [0.5, 0.6) is 0 Å². The van der Waals surface area contributed by atoms with Crippen LogP contribution in [0.2, 0.25) is 0 Å². The minimum atomic E-state index is -0.371. The number of thiazole rings is 1. The lowest BCUT2D eigenvalue weighted by Crippen LogP contribution is -2.30. The van der Waals surface area contributed by atoms with Crippen molar-refractivity contribution in [2.75, 3.05) is 17.2 Å². The van der Waals surface area contributed by atoms with Gasteiger partial charge in [0, 0.05) is 12.2 Å². The molecule has 0 aliphatic heterocycles. The Morgan fingerprint density at radius 1 is 1.53 bits per heavy atom. The lowest BCUT2D eigenvalue weighted by atomic mass is 10.2. The van der Waals surface area contributed by atoms with E-state index in [9.17, 15) is 9.18 Å². The van der Waals surface area contributed by atoms with Gasteiger partial charge in [0.25, 0.3) is 5.91 Å². The van der Waals surface area contributed by atoms with E-state index in [4.69, 9.17) is 5.73 Å². The Morgan fingerprint density at radius 2 is 2.26 bits per heavy atom. The molecule has 100 valence electrons. The number of halogens is 1. The van der Waals surface area contributed by atoms with E-state index in [0.717, 1.165) is 11.3 Å². The third kappa shape index (κ3) is 2.73. The van der Waals surface area contributed by atoms with Crippen LogP contribution < -0.4 is 10.6 Å². The van der Waals surface area contributed by atoms with Gasteiger partial charge in [-0.3, -0.25) is 4.79 Å². The second-order valence-corrected chi connectivity index (χ2v) is 5.03. The second-order valence-electron chi connectivity index (χ2n) is 4.00. The van der Waals surface area contributed by atoms with Crippen LogP contribution in [0, 0.1) is 12.7 Å². The number of rotatable bonds is 3. The third-order valence-corrected chi connectivity index (χ3v) is 3.66. The molecule has 1 aromatic carbocycles. The Morgan fingerprint density at radius 3 is 2.79 bits per heavy atom. The van der Waals surface area contributed by atoms with E-state index in [1.807, 2.05) is 6.92 Å². The van der Waals surface area contributed by atoms with Crippen molar-refractivity contribution in [1.82, 2.24) is 4.98 Å². The fourth-order valence-corrected chi connectivity index (χ4v) is 2.61. The molecular formula is C13H14FN3OS. The molecule has 2 aromatic rings. The molecule has 1 aromatic heterocycles. The summed E-state index contributed by atoms with van der Waals surface area (Å²) in [6.07, 6.45) is 0. The fraction of sp³-hybridized carbons (Fsp3) is 0.231. The highest BCUT2D eigenvalue weighted by atomic mass is 32.1. The molecule has 1 heterocycles. The first-order valence-corrected chi connectivity index (χ1v) is 6.65. The van der Waals surface area contributed by atoms with Crippen LogP contribution in [0.15, 0.2) is 24.3 Å². The lowest BCUT2D eigenvalue weighted by molar-refractivity contribution is 0.0991. The number of aryl methyl sites for hydroxylation is 1. The molecule has 0 radical (unpaired) electrons. The molecule has 0 bridgehead atoms. The van der Waals surface area contributed by atoms with Gasteiger partial charge in [-0.1, -0.05) is 17.4 Å². The summed E-state index contributed by atoms with van der Waals surface area (Å²) in [4.78, 5) is 18.5. The van der Waals surface area contributed by atoms with Gasteiger partial charge < -0.3 is 10.6 Å². The van der Waals surface area contributed by atoms with Crippen molar-refractivity contribution in [3.63, 3.8) is 0 Å². The highest BCUT2D eigenvalue weighted by Gasteiger charge is 2.21. The fourth-order valence-electron chi connectivity index (χ4n) is 1.83. The quantitative estimate of drug-likeness (QED) is 0.939. The Hall–Kier alpha value is -1.95. The molecule has 0 aliphatic rings. The maximum absolute atomic E-state index is 13.2. The van der Waals surface area contributed by atoms with Crippen molar-refractivity contribution in [2.45, 2.75) is 13.8 Å². The van der Waals surface area contributed by atoms with Crippen LogP contribution >= 0.6 is 11.3 Å². The van der Waals surface area contributed by atoms with E-state index in [0.29, 0.717) is 27.9 Å². The highest BCUT2D eigenvalue weighted by molar-refractivity contribution is 7.17. The van der Waals surface area contributed by atoms with E-state index >= 15 is 0 Å². The van der Waals surface area contributed by atoms with Gasteiger partial charge in [0.15, 0.2) is 5.13 Å². The molecule has 0 saturated carbocycles. The van der Waals surface area contributed by atoms with Crippen molar-refractivity contribution in [2.24, 2.45) is 0 Å². The Bertz CT molecular complexity index is 612. The molecule has 0 atom stereocenters. The molecule has 0 fully saturated rings. The van der Waals surface area contributed by atoms with Crippen molar-refractivity contribution in [3.05, 3.63) is 40.7 Å². The first-order chi connectivity index (χ1) is 9.02. The molecule has 0 spiro atoms. The van der Waals surface area contributed by atoms with Gasteiger partial charge in [0.05, 0.1) is 5.69 Å². The van der Waals surface area contributed by atoms with Gasteiger partial charge in [-0.25, -0.2) is 9.37 Å². The minimum Gasteiger partial charge on any atom is -0.375 e. The number of carbonyl (C=O) groups excluding carboxylic acids is 1. The Labute approximate surface area is 114 Å². The molecule has 6 heteroatoms. The van der Waals surface area contributed by atoms with Crippen molar-refractivity contribution >= 4 is 28.1 Å². The van der Waals surface area contributed by atoms with Gasteiger partial charge in [0.2, 0.25) is 0 Å². The van der Waals surface area contributed by atoms with E-state index in [2.05, 4.69) is 4.98 Å². The largest absolute Gasteiger partial charge is 0.375 e. The number of hydrogen-bond acceptors (Lipinski definition) is 4. The number of nitrogen functional groups attached to an aromatic ring is 1. The number of nitrogens with two attached hydrogens (primary N) is 1. The van der Waals surface area contributed by atoms with Gasteiger partial charge in [-0.05, 0) is 32.0 Å².